The average molecular weight is 465 g/mol. The number of anilines is 1. The second-order valence-electron chi connectivity index (χ2n) is 7.22. The van der Waals surface area contributed by atoms with Crippen LogP contribution in [0.3, 0.4) is 0 Å². The van der Waals surface area contributed by atoms with E-state index >= 15 is 0 Å². The summed E-state index contributed by atoms with van der Waals surface area (Å²) in [4.78, 5) is 12.9. The fourth-order valence-electron chi connectivity index (χ4n) is 3.54. The van der Waals surface area contributed by atoms with Crippen LogP contribution in [0.25, 0.3) is 17.3 Å². The van der Waals surface area contributed by atoms with Gasteiger partial charge in [0.2, 0.25) is 5.91 Å². The number of carbonyl (C=O) groups is 1. The Morgan fingerprint density at radius 1 is 1.24 bits per heavy atom. The number of carbonyl (C=O) groups excluding carboxylic acids is 1. The number of nitriles is 1. The molecular formula is C23H21FN6O2S. The predicted octanol–water partition coefficient (Wildman–Crippen LogP) is 4.71. The fourth-order valence-corrected chi connectivity index (χ4v) is 4.34. The number of hydrogen-bond donors (Lipinski definition) is 1. The Morgan fingerprint density at radius 3 is 2.64 bits per heavy atom. The Hall–Kier alpha value is -3.84. The summed E-state index contributed by atoms with van der Waals surface area (Å²) >= 11 is 1.24. The molecule has 1 amide bonds. The van der Waals surface area contributed by atoms with E-state index < -0.39 is 0 Å². The number of nitrogens with zero attached hydrogens (tertiary/aromatic N) is 5. The highest BCUT2D eigenvalue weighted by molar-refractivity contribution is 7.99. The van der Waals surface area contributed by atoms with E-state index in [4.69, 9.17) is 4.42 Å². The molecule has 33 heavy (non-hydrogen) atoms. The SMILES string of the molecule is CCn1c(SCC(=O)Nc2c(C#N)c(C)c(C)n2-c2ccc(F)cc2)nnc1-c1ccco1. The lowest BCUT2D eigenvalue weighted by Crippen LogP contribution is -2.18. The molecule has 0 bridgehead atoms. The summed E-state index contributed by atoms with van der Waals surface area (Å²) in [6.45, 7) is 6.24. The fraction of sp³-hybridized carbons (Fsp3) is 0.217. The van der Waals surface area contributed by atoms with E-state index in [0.717, 1.165) is 11.3 Å². The molecule has 0 aliphatic heterocycles. The summed E-state index contributed by atoms with van der Waals surface area (Å²) in [5.41, 5.74) is 2.55. The van der Waals surface area contributed by atoms with Crippen molar-refractivity contribution in [3.63, 3.8) is 0 Å². The molecule has 0 saturated heterocycles. The highest BCUT2D eigenvalue weighted by atomic mass is 32.2. The maximum Gasteiger partial charge on any atom is 0.236 e. The van der Waals surface area contributed by atoms with Gasteiger partial charge in [-0.25, -0.2) is 4.39 Å². The number of furan rings is 1. The van der Waals surface area contributed by atoms with Crippen molar-refractivity contribution in [2.45, 2.75) is 32.5 Å². The first-order valence-corrected chi connectivity index (χ1v) is 11.2. The molecule has 1 aromatic carbocycles. The molecule has 0 aliphatic rings. The zero-order valence-electron chi connectivity index (χ0n) is 18.3. The molecule has 0 fully saturated rings. The highest BCUT2D eigenvalue weighted by Gasteiger charge is 2.22. The van der Waals surface area contributed by atoms with E-state index in [1.165, 1.54) is 23.9 Å². The lowest BCUT2D eigenvalue weighted by Gasteiger charge is -2.13. The van der Waals surface area contributed by atoms with Crippen molar-refractivity contribution in [3.05, 3.63) is 65.3 Å². The number of amides is 1. The number of nitrogens with one attached hydrogen (secondary N) is 1. The van der Waals surface area contributed by atoms with Gasteiger partial charge in [-0.1, -0.05) is 11.8 Å². The number of rotatable bonds is 7. The van der Waals surface area contributed by atoms with Crippen LogP contribution in [0.4, 0.5) is 10.2 Å². The van der Waals surface area contributed by atoms with Gasteiger partial charge in [0.1, 0.15) is 17.7 Å². The van der Waals surface area contributed by atoms with Crippen molar-refractivity contribution < 1.29 is 13.6 Å². The van der Waals surface area contributed by atoms with Gasteiger partial charge in [0, 0.05) is 17.9 Å². The van der Waals surface area contributed by atoms with Crippen molar-refractivity contribution in [1.82, 2.24) is 19.3 Å². The van der Waals surface area contributed by atoms with Gasteiger partial charge >= 0.3 is 0 Å². The summed E-state index contributed by atoms with van der Waals surface area (Å²) in [7, 11) is 0. The Kier molecular flexibility index (Phi) is 6.33. The van der Waals surface area contributed by atoms with Gasteiger partial charge in [-0.3, -0.25) is 13.9 Å². The molecule has 0 saturated carbocycles. The first kappa shape index (κ1) is 22.4. The molecule has 0 unspecified atom stereocenters. The Bertz CT molecular complexity index is 1330. The minimum Gasteiger partial charge on any atom is -0.461 e. The van der Waals surface area contributed by atoms with Gasteiger partial charge in [-0.15, -0.1) is 10.2 Å². The number of benzene rings is 1. The monoisotopic (exact) mass is 464 g/mol. The first-order chi connectivity index (χ1) is 15.9. The van der Waals surface area contributed by atoms with Gasteiger partial charge in [-0.2, -0.15) is 5.26 Å². The van der Waals surface area contributed by atoms with Crippen molar-refractivity contribution in [2.75, 3.05) is 11.1 Å². The van der Waals surface area contributed by atoms with Crippen LogP contribution in [0, 0.1) is 31.0 Å². The van der Waals surface area contributed by atoms with Crippen molar-refractivity contribution >= 4 is 23.5 Å². The third-order valence-corrected chi connectivity index (χ3v) is 6.24. The highest BCUT2D eigenvalue weighted by Crippen LogP contribution is 2.31. The molecule has 0 spiro atoms. The zero-order chi connectivity index (χ0) is 23.5. The van der Waals surface area contributed by atoms with Gasteiger partial charge in [0.05, 0.1) is 17.6 Å². The summed E-state index contributed by atoms with van der Waals surface area (Å²) in [6, 6.07) is 11.6. The minimum absolute atomic E-state index is 0.0633. The van der Waals surface area contributed by atoms with Crippen LogP contribution >= 0.6 is 11.8 Å². The topological polar surface area (TPSA) is 102 Å². The van der Waals surface area contributed by atoms with Crippen LogP contribution in [0.2, 0.25) is 0 Å². The van der Waals surface area contributed by atoms with Crippen LogP contribution in [-0.4, -0.2) is 31.0 Å². The number of halogens is 1. The van der Waals surface area contributed by atoms with Crippen molar-refractivity contribution in [3.8, 4) is 23.3 Å². The molecule has 1 N–H and O–H groups in total. The van der Waals surface area contributed by atoms with Crippen LogP contribution in [0.1, 0.15) is 23.7 Å². The number of hydrogen-bond acceptors (Lipinski definition) is 6. The molecule has 0 aliphatic carbocycles. The molecule has 4 rings (SSSR count). The maximum absolute atomic E-state index is 13.4. The molecule has 168 valence electrons. The molecule has 10 heteroatoms. The normalized spacial score (nSPS) is 10.9. The lowest BCUT2D eigenvalue weighted by molar-refractivity contribution is -0.113. The molecule has 0 atom stereocenters. The molecule has 3 heterocycles. The van der Waals surface area contributed by atoms with Gasteiger partial charge < -0.3 is 9.73 Å². The molecule has 0 radical (unpaired) electrons. The van der Waals surface area contributed by atoms with Gasteiger partial charge in [0.15, 0.2) is 16.7 Å². The summed E-state index contributed by atoms with van der Waals surface area (Å²) in [6.07, 6.45) is 1.57. The third-order valence-electron chi connectivity index (χ3n) is 5.27. The lowest BCUT2D eigenvalue weighted by atomic mass is 10.2. The molecule has 4 aromatic rings. The second kappa shape index (κ2) is 9.34. The average Bonchev–Trinajstić information content (AvgIpc) is 3.52. The number of thioether (sulfide) groups is 1. The van der Waals surface area contributed by atoms with E-state index in [9.17, 15) is 14.4 Å². The smallest absolute Gasteiger partial charge is 0.236 e. The first-order valence-electron chi connectivity index (χ1n) is 10.2. The van der Waals surface area contributed by atoms with E-state index in [1.54, 1.807) is 35.1 Å². The van der Waals surface area contributed by atoms with Gasteiger partial charge in [-0.05, 0) is 62.7 Å². The number of aromatic nitrogens is 4. The zero-order valence-corrected chi connectivity index (χ0v) is 19.1. The van der Waals surface area contributed by atoms with E-state index in [-0.39, 0.29) is 17.5 Å². The van der Waals surface area contributed by atoms with Crippen LogP contribution < -0.4 is 5.32 Å². The largest absolute Gasteiger partial charge is 0.461 e. The quantitative estimate of drug-likeness (QED) is 0.398. The third kappa shape index (κ3) is 4.27. The van der Waals surface area contributed by atoms with E-state index in [2.05, 4.69) is 21.6 Å². The van der Waals surface area contributed by atoms with Crippen molar-refractivity contribution in [2.24, 2.45) is 0 Å². The standard InChI is InChI=1S/C23H21FN6O2S/c1-4-29-22(19-6-5-11-32-19)27-28-23(29)33-13-20(31)26-21-18(12-25)14(2)15(3)30(21)17-9-7-16(24)8-10-17/h5-11H,4,13H2,1-3H3,(H,26,31). The Morgan fingerprint density at radius 2 is 2.00 bits per heavy atom. The predicted molar refractivity (Wildman–Crippen MR) is 123 cm³/mol. The van der Waals surface area contributed by atoms with E-state index in [0.29, 0.717) is 40.4 Å². The second-order valence-corrected chi connectivity index (χ2v) is 8.16. The molecule has 8 nitrogen and oxygen atoms in total. The molecular weight excluding hydrogens is 443 g/mol. The Balaban J connectivity index is 1.57. The summed E-state index contributed by atoms with van der Waals surface area (Å²) in [5.74, 6) is 0.946. The maximum atomic E-state index is 13.4. The minimum atomic E-state index is -0.364. The van der Waals surface area contributed by atoms with E-state index in [1.807, 2.05) is 25.3 Å². The van der Waals surface area contributed by atoms with Crippen molar-refractivity contribution in [1.29, 1.82) is 5.26 Å². The van der Waals surface area contributed by atoms with Crippen LogP contribution in [0.15, 0.2) is 52.2 Å². The van der Waals surface area contributed by atoms with Gasteiger partial charge in [0.25, 0.3) is 0 Å². The summed E-state index contributed by atoms with van der Waals surface area (Å²) < 4.78 is 22.5. The van der Waals surface area contributed by atoms with Crippen LogP contribution in [0.5, 0.6) is 0 Å². The molecule has 3 aromatic heterocycles. The Labute approximate surface area is 194 Å². The summed E-state index contributed by atoms with van der Waals surface area (Å²) in [5, 5.41) is 21.5. The van der Waals surface area contributed by atoms with Crippen LogP contribution in [-0.2, 0) is 11.3 Å².